The topological polar surface area (TPSA) is 38.9 Å². The van der Waals surface area contributed by atoms with Gasteiger partial charge in [-0.05, 0) is 40.8 Å². The highest BCUT2D eigenvalue weighted by molar-refractivity contribution is 14.1. The number of rotatable bonds is 2. The van der Waals surface area contributed by atoms with E-state index in [1.165, 1.54) is 0 Å². The molecule has 0 aliphatic carbocycles. The van der Waals surface area contributed by atoms with E-state index in [0.717, 1.165) is 9.13 Å². The van der Waals surface area contributed by atoms with Crippen molar-refractivity contribution in [1.29, 1.82) is 0 Å². The fourth-order valence-corrected chi connectivity index (χ4v) is 1.70. The Morgan fingerprint density at radius 3 is 2.86 bits per heavy atom. The monoisotopic (exact) mass is 320 g/mol. The zero-order valence-corrected chi connectivity index (χ0v) is 9.99. The van der Waals surface area contributed by atoms with Crippen molar-refractivity contribution in [2.75, 3.05) is 0 Å². The Labute approximate surface area is 99.6 Å². The van der Waals surface area contributed by atoms with Crippen LogP contribution in [-0.2, 0) is 5.88 Å². The van der Waals surface area contributed by atoms with Crippen LogP contribution in [0.2, 0.25) is 0 Å². The maximum atomic E-state index is 5.56. The van der Waals surface area contributed by atoms with E-state index in [4.69, 9.17) is 16.0 Å². The van der Waals surface area contributed by atoms with Gasteiger partial charge in [-0.15, -0.1) is 21.8 Å². The highest BCUT2D eigenvalue weighted by atomic mass is 127. The highest BCUT2D eigenvalue weighted by Crippen LogP contribution is 2.20. The fourth-order valence-electron chi connectivity index (χ4n) is 1.05. The summed E-state index contributed by atoms with van der Waals surface area (Å²) in [5.74, 6) is 1.21. The Hall–Kier alpha value is -0.620. The molecule has 1 aromatic heterocycles. The lowest BCUT2D eigenvalue weighted by molar-refractivity contribution is 0.527. The molecule has 0 atom stereocenters. The Morgan fingerprint density at radius 2 is 2.21 bits per heavy atom. The van der Waals surface area contributed by atoms with Gasteiger partial charge in [0.05, 0.1) is 0 Å². The van der Waals surface area contributed by atoms with Crippen molar-refractivity contribution in [3.8, 4) is 11.5 Å². The van der Waals surface area contributed by atoms with Crippen molar-refractivity contribution in [3.63, 3.8) is 0 Å². The number of hydrogen-bond donors (Lipinski definition) is 0. The summed E-state index contributed by atoms with van der Waals surface area (Å²) in [4.78, 5) is 0. The van der Waals surface area contributed by atoms with Crippen LogP contribution in [0.4, 0.5) is 0 Å². The quantitative estimate of drug-likeness (QED) is 0.630. The largest absolute Gasteiger partial charge is 0.419 e. The lowest BCUT2D eigenvalue weighted by Crippen LogP contribution is -1.78. The molecular weight excluding hydrogens is 314 g/mol. The molecule has 0 N–H and O–H groups in total. The normalized spacial score (nSPS) is 10.4. The standard InChI is InChI=1S/C9H6ClIN2O/c10-5-8-12-13-9(14-8)6-2-1-3-7(11)4-6/h1-4H,5H2. The van der Waals surface area contributed by atoms with Crippen molar-refractivity contribution in [2.45, 2.75) is 5.88 Å². The highest BCUT2D eigenvalue weighted by Gasteiger charge is 2.07. The first-order valence-corrected chi connectivity index (χ1v) is 5.55. The van der Waals surface area contributed by atoms with E-state index in [-0.39, 0.29) is 5.88 Å². The number of alkyl halides is 1. The average Bonchev–Trinajstić information content (AvgIpc) is 2.66. The van der Waals surface area contributed by atoms with Crippen LogP contribution < -0.4 is 0 Å². The smallest absolute Gasteiger partial charge is 0.247 e. The number of nitrogens with zero attached hydrogens (tertiary/aromatic N) is 2. The molecule has 0 aliphatic rings. The van der Waals surface area contributed by atoms with Gasteiger partial charge in [-0.3, -0.25) is 0 Å². The van der Waals surface area contributed by atoms with E-state index >= 15 is 0 Å². The zero-order valence-electron chi connectivity index (χ0n) is 7.08. The minimum Gasteiger partial charge on any atom is -0.419 e. The lowest BCUT2D eigenvalue weighted by Gasteiger charge is -1.94. The van der Waals surface area contributed by atoms with Crippen molar-refractivity contribution < 1.29 is 4.42 Å². The van der Waals surface area contributed by atoms with Gasteiger partial charge in [0.2, 0.25) is 11.8 Å². The molecule has 1 aromatic carbocycles. The first-order valence-electron chi connectivity index (χ1n) is 3.94. The molecule has 0 spiro atoms. The van der Waals surface area contributed by atoms with Crippen molar-refractivity contribution in [3.05, 3.63) is 33.7 Å². The third-order valence-electron chi connectivity index (χ3n) is 1.65. The number of benzene rings is 1. The van der Waals surface area contributed by atoms with E-state index < -0.39 is 0 Å². The lowest BCUT2D eigenvalue weighted by atomic mass is 10.2. The molecule has 0 saturated heterocycles. The summed E-state index contributed by atoms with van der Waals surface area (Å²) >= 11 is 7.79. The molecule has 0 aliphatic heterocycles. The molecule has 0 unspecified atom stereocenters. The van der Waals surface area contributed by atoms with Crippen LogP contribution in [0.5, 0.6) is 0 Å². The van der Waals surface area contributed by atoms with Crippen molar-refractivity contribution in [1.82, 2.24) is 10.2 Å². The minimum absolute atomic E-state index is 0.247. The van der Waals surface area contributed by atoms with E-state index in [9.17, 15) is 0 Å². The summed E-state index contributed by atoms with van der Waals surface area (Å²) in [6, 6.07) is 7.85. The third kappa shape index (κ3) is 2.06. The van der Waals surface area contributed by atoms with Crippen LogP contribution >= 0.6 is 34.2 Å². The molecule has 2 aromatic rings. The number of hydrogen-bond acceptors (Lipinski definition) is 3. The molecule has 1 heterocycles. The summed E-state index contributed by atoms with van der Waals surface area (Å²) in [6.07, 6.45) is 0. The molecule has 0 radical (unpaired) electrons. The molecule has 14 heavy (non-hydrogen) atoms. The fraction of sp³-hybridized carbons (Fsp3) is 0.111. The van der Waals surface area contributed by atoms with Gasteiger partial charge in [0.25, 0.3) is 0 Å². The van der Waals surface area contributed by atoms with Crippen LogP contribution in [0.25, 0.3) is 11.5 Å². The first kappa shape index (κ1) is 9.92. The van der Waals surface area contributed by atoms with Gasteiger partial charge in [-0.25, -0.2) is 0 Å². The van der Waals surface area contributed by atoms with Gasteiger partial charge in [-0.1, -0.05) is 6.07 Å². The van der Waals surface area contributed by atoms with Gasteiger partial charge >= 0.3 is 0 Å². The summed E-state index contributed by atoms with van der Waals surface area (Å²) < 4.78 is 6.45. The van der Waals surface area contributed by atoms with Crippen molar-refractivity contribution >= 4 is 34.2 Å². The Balaban J connectivity index is 2.39. The predicted octanol–water partition coefficient (Wildman–Crippen LogP) is 3.08. The molecule has 0 bridgehead atoms. The zero-order chi connectivity index (χ0) is 9.97. The van der Waals surface area contributed by atoms with Gasteiger partial charge < -0.3 is 4.42 Å². The second-order valence-corrected chi connectivity index (χ2v) is 4.16. The summed E-state index contributed by atoms with van der Waals surface area (Å²) in [6.45, 7) is 0. The van der Waals surface area contributed by atoms with E-state index in [2.05, 4.69) is 32.8 Å². The van der Waals surface area contributed by atoms with Crippen LogP contribution in [-0.4, -0.2) is 10.2 Å². The second kappa shape index (κ2) is 4.27. The predicted molar refractivity (Wildman–Crippen MR) is 62.0 cm³/mol. The van der Waals surface area contributed by atoms with Crippen LogP contribution in [0, 0.1) is 3.57 Å². The summed E-state index contributed by atoms with van der Waals surface area (Å²) in [5.41, 5.74) is 0.917. The minimum atomic E-state index is 0.247. The molecule has 3 nitrogen and oxygen atoms in total. The van der Waals surface area contributed by atoms with E-state index in [1.807, 2.05) is 24.3 Å². The van der Waals surface area contributed by atoms with Gasteiger partial charge in [0, 0.05) is 9.13 Å². The van der Waals surface area contributed by atoms with E-state index in [1.54, 1.807) is 0 Å². The Morgan fingerprint density at radius 1 is 1.36 bits per heavy atom. The molecule has 0 saturated carbocycles. The van der Waals surface area contributed by atoms with Crippen LogP contribution in [0.15, 0.2) is 28.7 Å². The average molecular weight is 321 g/mol. The van der Waals surface area contributed by atoms with Crippen LogP contribution in [0.1, 0.15) is 5.89 Å². The van der Waals surface area contributed by atoms with Gasteiger partial charge in [0.15, 0.2) is 0 Å². The van der Waals surface area contributed by atoms with Crippen LogP contribution in [0.3, 0.4) is 0 Å². The number of halogens is 2. The summed E-state index contributed by atoms with van der Waals surface area (Å²) in [7, 11) is 0. The first-order chi connectivity index (χ1) is 6.79. The number of aromatic nitrogens is 2. The van der Waals surface area contributed by atoms with Crippen molar-refractivity contribution in [2.24, 2.45) is 0 Å². The SMILES string of the molecule is ClCc1nnc(-c2cccc(I)c2)o1. The molecule has 0 fully saturated rings. The summed E-state index contributed by atoms with van der Waals surface area (Å²) in [5, 5.41) is 7.68. The second-order valence-electron chi connectivity index (χ2n) is 2.64. The van der Waals surface area contributed by atoms with E-state index in [0.29, 0.717) is 11.8 Å². The molecule has 0 amide bonds. The Bertz CT molecular complexity index is 444. The molecule has 72 valence electrons. The molecule has 5 heteroatoms. The maximum absolute atomic E-state index is 5.56. The third-order valence-corrected chi connectivity index (χ3v) is 2.55. The molecule has 2 rings (SSSR count). The van der Waals surface area contributed by atoms with Gasteiger partial charge in [0.1, 0.15) is 5.88 Å². The maximum Gasteiger partial charge on any atom is 0.247 e. The molecular formula is C9H6ClIN2O. The van der Waals surface area contributed by atoms with Gasteiger partial charge in [-0.2, -0.15) is 0 Å². The Kier molecular flexibility index (Phi) is 3.02.